The van der Waals surface area contributed by atoms with Crippen LogP contribution in [-0.2, 0) is 17.7 Å². The second-order valence-electron chi connectivity index (χ2n) is 8.68. The molecule has 4 aromatic rings. The number of ether oxygens (including phenoxy) is 1. The maximum atomic E-state index is 5.45. The van der Waals surface area contributed by atoms with Crippen molar-refractivity contribution in [1.29, 1.82) is 0 Å². The van der Waals surface area contributed by atoms with E-state index in [1.54, 1.807) is 6.33 Å². The number of hydrogen-bond acceptors (Lipinski definition) is 6. The summed E-state index contributed by atoms with van der Waals surface area (Å²) in [6.07, 6.45) is 7.01. The van der Waals surface area contributed by atoms with Crippen LogP contribution in [0, 0.1) is 0 Å². The molecule has 7 heteroatoms. The van der Waals surface area contributed by atoms with E-state index in [9.17, 15) is 0 Å². The number of anilines is 2. The second kappa shape index (κ2) is 8.48. The summed E-state index contributed by atoms with van der Waals surface area (Å²) in [5.41, 5.74) is 5.76. The number of aryl methyl sites for hydroxylation is 2. The van der Waals surface area contributed by atoms with Gasteiger partial charge >= 0.3 is 0 Å². The largest absolute Gasteiger partial charge is 0.379 e. The summed E-state index contributed by atoms with van der Waals surface area (Å²) in [4.78, 5) is 18.9. The summed E-state index contributed by atoms with van der Waals surface area (Å²) in [6.45, 7) is 6.79. The minimum atomic E-state index is 0.851. The molecule has 6 rings (SSSR count). The van der Waals surface area contributed by atoms with Crippen LogP contribution in [0.15, 0.2) is 49.1 Å². The van der Waals surface area contributed by atoms with Gasteiger partial charge in [-0.25, -0.2) is 15.0 Å². The quantitative estimate of drug-likeness (QED) is 0.482. The Morgan fingerprint density at radius 3 is 2.75 bits per heavy atom. The lowest BCUT2D eigenvalue weighted by atomic mass is 10.0. The normalized spacial score (nSPS) is 17.2. The zero-order valence-corrected chi connectivity index (χ0v) is 18.3. The molecule has 0 radical (unpaired) electrons. The molecule has 2 aromatic heterocycles. The highest BCUT2D eigenvalue weighted by Gasteiger charge is 2.21. The van der Waals surface area contributed by atoms with Gasteiger partial charge in [0.05, 0.1) is 36.1 Å². The Kier molecular flexibility index (Phi) is 5.21. The minimum absolute atomic E-state index is 0.851. The number of aromatic nitrogens is 4. The molecule has 4 heterocycles. The van der Waals surface area contributed by atoms with Crippen LogP contribution < -0.4 is 4.90 Å². The van der Waals surface area contributed by atoms with Crippen molar-refractivity contribution < 1.29 is 4.74 Å². The van der Waals surface area contributed by atoms with Crippen LogP contribution in [0.5, 0.6) is 0 Å². The van der Waals surface area contributed by atoms with E-state index in [2.05, 4.69) is 55.7 Å². The van der Waals surface area contributed by atoms with E-state index in [4.69, 9.17) is 14.7 Å². The van der Waals surface area contributed by atoms with Gasteiger partial charge in [0.25, 0.3) is 0 Å². The number of fused-ring (bicyclic) bond motifs is 3. The summed E-state index contributed by atoms with van der Waals surface area (Å²) in [6, 6.07) is 13.0. The third-order valence-corrected chi connectivity index (χ3v) is 6.70. The summed E-state index contributed by atoms with van der Waals surface area (Å²) < 4.78 is 7.71. The first-order chi connectivity index (χ1) is 15.9. The summed E-state index contributed by atoms with van der Waals surface area (Å²) >= 11 is 0. The van der Waals surface area contributed by atoms with Gasteiger partial charge in [0, 0.05) is 43.8 Å². The molecule has 0 spiro atoms. The highest BCUT2D eigenvalue weighted by atomic mass is 16.5. The van der Waals surface area contributed by atoms with Crippen LogP contribution in [0.3, 0.4) is 0 Å². The molecular weight excluding hydrogens is 400 g/mol. The number of morpholine rings is 1. The van der Waals surface area contributed by atoms with Gasteiger partial charge in [-0.3, -0.25) is 4.90 Å². The van der Waals surface area contributed by atoms with Crippen molar-refractivity contribution in [2.45, 2.75) is 25.8 Å². The van der Waals surface area contributed by atoms with Gasteiger partial charge in [-0.1, -0.05) is 18.2 Å². The lowest BCUT2D eigenvalue weighted by molar-refractivity contribution is 0.0369. The van der Waals surface area contributed by atoms with Crippen molar-refractivity contribution in [2.75, 3.05) is 44.3 Å². The van der Waals surface area contributed by atoms with E-state index in [1.807, 2.05) is 6.33 Å². The van der Waals surface area contributed by atoms with Crippen LogP contribution in [-0.4, -0.2) is 63.8 Å². The Morgan fingerprint density at radius 2 is 1.81 bits per heavy atom. The highest BCUT2D eigenvalue weighted by Crippen LogP contribution is 2.36. The zero-order valence-electron chi connectivity index (χ0n) is 18.3. The van der Waals surface area contributed by atoms with E-state index in [1.165, 1.54) is 11.3 Å². The molecular formula is C25H28N6O. The molecule has 2 aliphatic rings. The number of imidazole rings is 1. The number of rotatable bonds is 5. The Bertz CT molecular complexity index is 1250. The number of hydrogen-bond donors (Lipinski definition) is 0. The average Bonchev–Trinajstić information content (AvgIpc) is 3.24. The van der Waals surface area contributed by atoms with Gasteiger partial charge in [-0.2, -0.15) is 0 Å². The first kappa shape index (κ1) is 19.6. The van der Waals surface area contributed by atoms with E-state index < -0.39 is 0 Å². The highest BCUT2D eigenvalue weighted by molar-refractivity contribution is 6.00. The van der Waals surface area contributed by atoms with E-state index >= 15 is 0 Å². The smallest absolute Gasteiger partial charge is 0.144 e. The molecule has 0 aliphatic carbocycles. The molecule has 0 unspecified atom stereocenters. The predicted octanol–water partition coefficient (Wildman–Crippen LogP) is 3.79. The SMILES string of the molecule is c1ccc2c(c1)CCCN2c1ncnc2cc3c(cc12)ncn3CCCN1CCOCC1. The van der Waals surface area contributed by atoms with Crippen LogP contribution in [0.2, 0.25) is 0 Å². The van der Waals surface area contributed by atoms with Gasteiger partial charge in [-0.05, 0) is 43.0 Å². The number of benzene rings is 2. The lowest BCUT2D eigenvalue weighted by Crippen LogP contribution is -2.37. The zero-order chi connectivity index (χ0) is 21.3. The summed E-state index contributed by atoms with van der Waals surface area (Å²) in [5.74, 6) is 0.978. The first-order valence-electron chi connectivity index (χ1n) is 11.6. The third-order valence-electron chi connectivity index (χ3n) is 6.70. The fraction of sp³-hybridized carbons (Fsp3) is 0.400. The van der Waals surface area contributed by atoms with E-state index in [0.717, 1.165) is 93.0 Å². The summed E-state index contributed by atoms with van der Waals surface area (Å²) in [5, 5.41) is 1.07. The molecule has 0 amide bonds. The molecule has 1 saturated heterocycles. The van der Waals surface area contributed by atoms with Crippen molar-refractivity contribution in [3.63, 3.8) is 0 Å². The Balaban J connectivity index is 1.31. The van der Waals surface area contributed by atoms with E-state index in [0.29, 0.717) is 0 Å². The molecule has 0 saturated carbocycles. The number of para-hydroxylation sites is 1. The van der Waals surface area contributed by atoms with Gasteiger partial charge < -0.3 is 14.2 Å². The van der Waals surface area contributed by atoms with Gasteiger partial charge in [0.1, 0.15) is 12.1 Å². The maximum absolute atomic E-state index is 5.45. The van der Waals surface area contributed by atoms with E-state index in [-0.39, 0.29) is 0 Å². The molecule has 1 fully saturated rings. The number of nitrogens with zero attached hydrogens (tertiary/aromatic N) is 6. The first-order valence-corrected chi connectivity index (χ1v) is 11.6. The van der Waals surface area contributed by atoms with Crippen molar-refractivity contribution in [3.05, 3.63) is 54.6 Å². The molecule has 2 aliphatic heterocycles. The molecule has 7 nitrogen and oxygen atoms in total. The maximum Gasteiger partial charge on any atom is 0.144 e. The summed E-state index contributed by atoms with van der Waals surface area (Å²) in [7, 11) is 0. The van der Waals surface area contributed by atoms with Crippen molar-refractivity contribution in [2.24, 2.45) is 0 Å². The fourth-order valence-corrected chi connectivity index (χ4v) is 5.03. The van der Waals surface area contributed by atoms with Gasteiger partial charge in [-0.15, -0.1) is 0 Å². The molecule has 0 N–H and O–H groups in total. The molecule has 164 valence electrons. The molecule has 32 heavy (non-hydrogen) atoms. The third kappa shape index (κ3) is 3.61. The molecule has 0 bridgehead atoms. The van der Waals surface area contributed by atoms with Crippen LogP contribution >= 0.6 is 0 Å². The fourth-order valence-electron chi connectivity index (χ4n) is 5.03. The van der Waals surface area contributed by atoms with Gasteiger partial charge in [0.15, 0.2) is 0 Å². The standard InChI is InChI=1S/C25H28N6O/c1-2-7-23-19(5-1)6-3-10-31(23)25-20-15-22-24(16-21(20)26-17-27-25)30(18-28-22)9-4-8-29-11-13-32-14-12-29/h1-2,5,7,15-18H,3-4,6,8-14H2. The topological polar surface area (TPSA) is 59.3 Å². The van der Waals surface area contributed by atoms with Crippen molar-refractivity contribution in [1.82, 2.24) is 24.4 Å². The Morgan fingerprint density at radius 1 is 0.906 bits per heavy atom. The predicted molar refractivity (Wildman–Crippen MR) is 126 cm³/mol. The van der Waals surface area contributed by atoms with Crippen molar-refractivity contribution >= 4 is 33.4 Å². The average molecular weight is 429 g/mol. The minimum Gasteiger partial charge on any atom is -0.379 e. The van der Waals surface area contributed by atoms with Crippen molar-refractivity contribution in [3.8, 4) is 0 Å². The van der Waals surface area contributed by atoms with Crippen LogP contribution in [0.1, 0.15) is 18.4 Å². The lowest BCUT2D eigenvalue weighted by Gasteiger charge is -2.31. The van der Waals surface area contributed by atoms with Crippen LogP contribution in [0.25, 0.3) is 21.9 Å². The van der Waals surface area contributed by atoms with Crippen LogP contribution in [0.4, 0.5) is 11.5 Å². The molecule has 0 atom stereocenters. The second-order valence-corrected chi connectivity index (χ2v) is 8.68. The monoisotopic (exact) mass is 428 g/mol. The Labute approximate surface area is 187 Å². The van der Waals surface area contributed by atoms with Gasteiger partial charge in [0.2, 0.25) is 0 Å². The Hall–Kier alpha value is -3.03. The molecule has 2 aromatic carbocycles.